The van der Waals surface area contributed by atoms with Gasteiger partial charge in [-0.1, -0.05) is 6.07 Å². The first kappa shape index (κ1) is 18.1. The fraction of sp³-hybridized carbons (Fsp3) is 0.381. The molecule has 0 saturated carbocycles. The van der Waals surface area contributed by atoms with Gasteiger partial charge in [0.25, 0.3) is 0 Å². The Balaban J connectivity index is 1.54. The number of carbonyl (C=O) groups is 1. The lowest BCUT2D eigenvalue weighted by molar-refractivity contribution is -0.114. The molecule has 1 aliphatic heterocycles. The van der Waals surface area contributed by atoms with Crippen LogP contribution in [0.4, 0.5) is 17.1 Å². The van der Waals surface area contributed by atoms with Gasteiger partial charge in [0.15, 0.2) is 0 Å². The van der Waals surface area contributed by atoms with E-state index < -0.39 is 0 Å². The molecule has 2 aromatic carbocycles. The molecule has 1 heterocycles. The largest absolute Gasteiger partial charge is 0.495 e. The zero-order valence-corrected chi connectivity index (χ0v) is 15.5. The van der Waals surface area contributed by atoms with Crippen LogP contribution in [0.25, 0.3) is 0 Å². The summed E-state index contributed by atoms with van der Waals surface area (Å²) in [5, 5.41) is 6.08. The number of aryl methyl sites for hydroxylation is 1. The van der Waals surface area contributed by atoms with E-state index in [1.807, 2.05) is 37.3 Å². The van der Waals surface area contributed by atoms with Crippen LogP contribution in [-0.4, -0.2) is 32.7 Å². The summed E-state index contributed by atoms with van der Waals surface area (Å²) >= 11 is 0. The van der Waals surface area contributed by atoms with E-state index in [1.165, 1.54) is 24.9 Å². The molecule has 5 heteroatoms. The standard InChI is InChI=1S/C21H27N3O2/c1-16-6-11-20(26-2)19(14-16)22-15-21(25)23-17-7-9-18(10-8-17)24-12-4-3-5-13-24/h6-11,14,22H,3-5,12-13,15H2,1-2H3,(H,23,25). The number of hydrogen-bond donors (Lipinski definition) is 2. The van der Waals surface area contributed by atoms with Crippen molar-refractivity contribution in [1.29, 1.82) is 0 Å². The van der Waals surface area contributed by atoms with Crippen molar-refractivity contribution in [2.45, 2.75) is 26.2 Å². The van der Waals surface area contributed by atoms with Crippen LogP contribution in [0, 0.1) is 6.92 Å². The first-order valence-corrected chi connectivity index (χ1v) is 9.19. The maximum absolute atomic E-state index is 12.2. The van der Waals surface area contributed by atoms with Crippen molar-refractivity contribution >= 4 is 23.0 Å². The van der Waals surface area contributed by atoms with E-state index in [1.54, 1.807) is 7.11 Å². The zero-order valence-electron chi connectivity index (χ0n) is 15.5. The van der Waals surface area contributed by atoms with Crippen molar-refractivity contribution in [2.75, 3.05) is 42.3 Å². The van der Waals surface area contributed by atoms with Gasteiger partial charge in [0.05, 0.1) is 19.3 Å². The number of nitrogens with one attached hydrogen (secondary N) is 2. The van der Waals surface area contributed by atoms with Gasteiger partial charge in [-0.15, -0.1) is 0 Å². The SMILES string of the molecule is COc1ccc(C)cc1NCC(=O)Nc1ccc(N2CCCCC2)cc1. The van der Waals surface area contributed by atoms with Gasteiger partial charge in [0, 0.05) is 24.5 Å². The van der Waals surface area contributed by atoms with E-state index in [9.17, 15) is 4.79 Å². The number of amides is 1. The lowest BCUT2D eigenvalue weighted by Gasteiger charge is -2.28. The first-order valence-electron chi connectivity index (χ1n) is 9.19. The van der Waals surface area contributed by atoms with Crippen LogP contribution in [0.2, 0.25) is 0 Å². The molecule has 0 aromatic heterocycles. The number of nitrogens with zero attached hydrogens (tertiary/aromatic N) is 1. The number of ether oxygens (including phenoxy) is 1. The van der Waals surface area contributed by atoms with Gasteiger partial charge in [0.1, 0.15) is 5.75 Å². The van der Waals surface area contributed by atoms with Crippen LogP contribution in [0.3, 0.4) is 0 Å². The molecule has 0 spiro atoms. The monoisotopic (exact) mass is 353 g/mol. The number of hydrogen-bond acceptors (Lipinski definition) is 4. The first-order chi connectivity index (χ1) is 12.7. The fourth-order valence-electron chi connectivity index (χ4n) is 3.25. The Morgan fingerprint density at radius 1 is 1.08 bits per heavy atom. The number of carbonyl (C=O) groups excluding carboxylic acids is 1. The summed E-state index contributed by atoms with van der Waals surface area (Å²) in [6.45, 7) is 4.43. The number of benzene rings is 2. The maximum Gasteiger partial charge on any atom is 0.243 e. The van der Waals surface area contributed by atoms with E-state index in [4.69, 9.17) is 4.74 Å². The molecule has 1 saturated heterocycles. The highest BCUT2D eigenvalue weighted by Gasteiger charge is 2.11. The predicted molar refractivity (Wildman–Crippen MR) is 107 cm³/mol. The van der Waals surface area contributed by atoms with Crippen molar-refractivity contribution in [1.82, 2.24) is 0 Å². The van der Waals surface area contributed by atoms with Crippen molar-refractivity contribution in [2.24, 2.45) is 0 Å². The van der Waals surface area contributed by atoms with Gasteiger partial charge in [-0.2, -0.15) is 0 Å². The Morgan fingerprint density at radius 3 is 2.50 bits per heavy atom. The van der Waals surface area contributed by atoms with E-state index in [0.29, 0.717) is 0 Å². The van der Waals surface area contributed by atoms with Crippen molar-refractivity contribution in [3.8, 4) is 5.75 Å². The molecule has 3 rings (SSSR count). The fourth-order valence-corrected chi connectivity index (χ4v) is 3.25. The lowest BCUT2D eigenvalue weighted by atomic mass is 10.1. The zero-order chi connectivity index (χ0) is 18.4. The lowest BCUT2D eigenvalue weighted by Crippen LogP contribution is -2.29. The average molecular weight is 353 g/mol. The van der Waals surface area contributed by atoms with Crippen molar-refractivity contribution in [3.05, 3.63) is 48.0 Å². The van der Waals surface area contributed by atoms with Crippen LogP contribution in [-0.2, 0) is 4.79 Å². The summed E-state index contributed by atoms with van der Waals surface area (Å²) in [5.74, 6) is 0.647. The van der Waals surface area contributed by atoms with E-state index >= 15 is 0 Å². The summed E-state index contributed by atoms with van der Waals surface area (Å²) in [7, 11) is 1.62. The molecular formula is C21H27N3O2. The molecule has 1 fully saturated rings. The minimum Gasteiger partial charge on any atom is -0.495 e. The van der Waals surface area contributed by atoms with E-state index in [2.05, 4.69) is 27.7 Å². The third kappa shape index (κ3) is 4.69. The molecule has 2 aromatic rings. The molecule has 138 valence electrons. The second-order valence-electron chi connectivity index (χ2n) is 6.70. The smallest absolute Gasteiger partial charge is 0.243 e. The Bertz CT molecular complexity index is 737. The molecular weight excluding hydrogens is 326 g/mol. The summed E-state index contributed by atoms with van der Waals surface area (Å²) in [6, 6.07) is 13.9. The second kappa shape index (κ2) is 8.61. The minimum atomic E-state index is -0.0840. The molecule has 0 atom stereocenters. The third-order valence-corrected chi connectivity index (χ3v) is 4.67. The molecule has 5 nitrogen and oxygen atoms in total. The number of rotatable bonds is 6. The van der Waals surface area contributed by atoms with Gasteiger partial charge in [-0.3, -0.25) is 4.79 Å². The molecule has 1 amide bonds. The number of methoxy groups -OCH3 is 1. The average Bonchev–Trinajstić information content (AvgIpc) is 2.68. The quantitative estimate of drug-likeness (QED) is 0.823. The van der Waals surface area contributed by atoms with Gasteiger partial charge in [0.2, 0.25) is 5.91 Å². The van der Waals surface area contributed by atoms with Gasteiger partial charge in [-0.05, 0) is 68.1 Å². The normalized spacial score (nSPS) is 14.0. The molecule has 0 aliphatic carbocycles. The molecule has 0 unspecified atom stereocenters. The van der Waals surface area contributed by atoms with E-state index in [0.717, 1.165) is 35.8 Å². The van der Waals surface area contributed by atoms with Crippen LogP contribution >= 0.6 is 0 Å². The molecule has 0 bridgehead atoms. The van der Waals surface area contributed by atoms with Crippen LogP contribution < -0.4 is 20.3 Å². The molecule has 0 radical (unpaired) electrons. The molecule has 1 aliphatic rings. The van der Waals surface area contributed by atoms with Crippen LogP contribution in [0.5, 0.6) is 5.75 Å². The minimum absolute atomic E-state index is 0.0840. The predicted octanol–water partition coefficient (Wildman–Crippen LogP) is 4.04. The number of piperidine rings is 1. The number of anilines is 3. The van der Waals surface area contributed by atoms with Crippen molar-refractivity contribution in [3.63, 3.8) is 0 Å². The summed E-state index contributed by atoms with van der Waals surface area (Å²) in [4.78, 5) is 14.6. The molecule has 2 N–H and O–H groups in total. The van der Waals surface area contributed by atoms with Gasteiger partial charge >= 0.3 is 0 Å². The highest BCUT2D eigenvalue weighted by Crippen LogP contribution is 2.25. The Hall–Kier alpha value is -2.69. The topological polar surface area (TPSA) is 53.6 Å². The summed E-state index contributed by atoms with van der Waals surface area (Å²) < 4.78 is 5.32. The second-order valence-corrected chi connectivity index (χ2v) is 6.70. The Morgan fingerprint density at radius 2 is 1.81 bits per heavy atom. The summed E-state index contributed by atoms with van der Waals surface area (Å²) in [5.41, 5.74) is 3.98. The Kier molecular flexibility index (Phi) is 6.00. The Labute approximate surface area is 155 Å². The van der Waals surface area contributed by atoms with Gasteiger partial charge in [-0.25, -0.2) is 0 Å². The maximum atomic E-state index is 12.2. The third-order valence-electron chi connectivity index (χ3n) is 4.67. The highest BCUT2D eigenvalue weighted by atomic mass is 16.5. The van der Waals surface area contributed by atoms with Crippen LogP contribution in [0.15, 0.2) is 42.5 Å². The van der Waals surface area contributed by atoms with Crippen molar-refractivity contribution < 1.29 is 9.53 Å². The highest BCUT2D eigenvalue weighted by molar-refractivity contribution is 5.94. The van der Waals surface area contributed by atoms with Crippen LogP contribution in [0.1, 0.15) is 24.8 Å². The van der Waals surface area contributed by atoms with E-state index in [-0.39, 0.29) is 12.5 Å². The molecule has 26 heavy (non-hydrogen) atoms. The van der Waals surface area contributed by atoms with Gasteiger partial charge < -0.3 is 20.3 Å². The summed E-state index contributed by atoms with van der Waals surface area (Å²) in [6.07, 6.45) is 3.84.